The zero-order chi connectivity index (χ0) is 11.9. The molecule has 0 rings (SSSR count). The van der Waals surface area contributed by atoms with Gasteiger partial charge in [-0.3, -0.25) is 0 Å². The number of hydrogen-bond acceptors (Lipinski definition) is 2. The lowest BCUT2D eigenvalue weighted by molar-refractivity contribution is 0.527. The number of alkyl halides is 1. The minimum Gasteiger partial charge on any atom is -0.212 e. The highest BCUT2D eigenvalue weighted by Gasteiger charge is 2.17. The summed E-state index contributed by atoms with van der Waals surface area (Å²) in [4.78, 5) is 0. The van der Waals surface area contributed by atoms with Crippen molar-refractivity contribution in [1.82, 2.24) is 4.72 Å². The molecule has 0 aromatic rings. The second-order valence-corrected chi connectivity index (χ2v) is 6.31. The van der Waals surface area contributed by atoms with Gasteiger partial charge in [-0.25, -0.2) is 13.1 Å². The van der Waals surface area contributed by atoms with Crippen molar-refractivity contribution in [2.24, 2.45) is 5.92 Å². The lowest BCUT2D eigenvalue weighted by atomic mass is 10.2. The zero-order valence-electron chi connectivity index (χ0n) is 9.79. The van der Waals surface area contributed by atoms with Gasteiger partial charge in [0.1, 0.15) is 0 Å². The Labute approximate surface area is 98.6 Å². The highest BCUT2D eigenvalue weighted by Crippen LogP contribution is 2.05. The maximum Gasteiger partial charge on any atom is 0.212 e. The molecule has 0 fully saturated rings. The molecule has 0 aromatic carbocycles. The van der Waals surface area contributed by atoms with Crippen molar-refractivity contribution in [3.63, 3.8) is 0 Å². The van der Waals surface area contributed by atoms with Gasteiger partial charge in [0.25, 0.3) is 0 Å². The molecule has 5 heteroatoms. The third-order valence-corrected chi connectivity index (χ3v) is 4.43. The van der Waals surface area contributed by atoms with Crippen molar-refractivity contribution in [2.45, 2.75) is 46.1 Å². The van der Waals surface area contributed by atoms with Crippen LogP contribution in [-0.2, 0) is 10.0 Å². The maximum absolute atomic E-state index is 11.6. The van der Waals surface area contributed by atoms with E-state index in [1.54, 1.807) is 0 Å². The summed E-state index contributed by atoms with van der Waals surface area (Å²) < 4.78 is 25.9. The Morgan fingerprint density at radius 2 is 1.93 bits per heavy atom. The minimum atomic E-state index is -3.16. The van der Waals surface area contributed by atoms with Crippen LogP contribution in [0, 0.1) is 5.92 Å². The lowest BCUT2D eigenvalue weighted by Gasteiger charge is -2.15. The molecular weight excluding hydrogens is 234 g/mol. The van der Waals surface area contributed by atoms with Crippen LogP contribution < -0.4 is 4.72 Å². The van der Waals surface area contributed by atoms with E-state index in [4.69, 9.17) is 11.6 Å². The normalized spacial score (nSPS) is 16.3. The Morgan fingerprint density at radius 1 is 1.33 bits per heavy atom. The van der Waals surface area contributed by atoms with Crippen molar-refractivity contribution in [2.75, 3.05) is 11.6 Å². The van der Waals surface area contributed by atoms with Gasteiger partial charge < -0.3 is 0 Å². The molecule has 0 saturated carbocycles. The molecule has 0 saturated heterocycles. The van der Waals surface area contributed by atoms with Gasteiger partial charge in [0, 0.05) is 11.9 Å². The molecule has 92 valence electrons. The van der Waals surface area contributed by atoms with E-state index in [2.05, 4.69) is 11.6 Å². The number of nitrogens with one attached hydrogen (secondary N) is 1. The molecule has 2 unspecified atom stereocenters. The molecule has 0 spiro atoms. The average molecular weight is 256 g/mol. The van der Waals surface area contributed by atoms with Crippen LogP contribution in [0.1, 0.15) is 40.0 Å². The first-order valence-electron chi connectivity index (χ1n) is 5.47. The fraction of sp³-hybridized carbons (Fsp3) is 1.00. The Balaban J connectivity index is 4.02. The molecule has 0 aliphatic rings. The Morgan fingerprint density at radius 3 is 2.40 bits per heavy atom. The van der Waals surface area contributed by atoms with Crippen LogP contribution in [-0.4, -0.2) is 26.1 Å². The van der Waals surface area contributed by atoms with E-state index in [1.807, 2.05) is 13.8 Å². The summed E-state index contributed by atoms with van der Waals surface area (Å²) in [6.07, 6.45) is 3.03. The highest BCUT2D eigenvalue weighted by atomic mass is 35.5. The smallest absolute Gasteiger partial charge is 0.212 e. The SMILES string of the molecule is CCCCC(C)NS(=O)(=O)CC(C)CCl. The van der Waals surface area contributed by atoms with Crippen LogP contribution in [0.3, 0.4) is 0 Å². The largest absolute Gasteiger partial charge is 0.212 e. The molecule has 1 N–H and O–H groups in total. The first kappa shape index (κ1) is 15.2. The van der Waals surface area contributed by atoms with Crippen LogP contribution in [0.25, 0.3) is 0 Å². The predicted octanol–water partition coefficient (Wildman–Crippen LogP) is 2.36. The summed E-state index contributed by atoms with van der Waals surface area (Å²) in [6, 6.07) is 0.0254. The first-order chi connectivity index (χ1) is 6.91. The monoisotopic (exact) mass is 255 g/mol. The van der Waals surface area contributed by atoms with Gasteiger partial charge in [-0.2, -0.15) is 0 Å². The van der Waals surface area contributed by atoms with Crippen molar-refractivity contribution >= 4 is 21.6 Å². The average Bonchev–Trinajstić information content (AvgIpc) is 2.12. The third-order valence-electron chi connectivity index (χ3n) is 2.14. The molecule has 15 heavy (non-hydrogen) atoms. The van der Waals surface area contributed by atoms with E-state index in [0.29, 0.717) is 5.88 Å². The van der Waals surface area contributed by atoms with Crippen molar-refractivity contribution < 1.29 is 8.42 Å². The zero-order valence-corrected chi connectivity index (χ0v) is 11.4. The van der Waals surface area contributed by atoms with Crippen LogP contribution in [0.15, 0.2) is 0 Å². The van der Waals surface area contributed by atoms with E-state index < -0.39 is 10.0 Å². The topological polar surface area (TPSA) is 46.2 Å². The van der Waals surface area contributed by atoms with E-state index in [-0.39, 0.29) is 17.7 Å². The second-order valence-electron chi connectivity index (χ2n) is 4.20. The van der Waals surface area contributed by atoms with Crippen molar-refractivity contribution in [3.05, 3.63) is 0 Å². The summed E-state index contributed by atoms with van der Waals surface area (Å²) in [5, 5.41) is 0. The van der Waals surface area contributed by atoms with Gasteiger partial charge in [0.15, 0.2) is 0 Å². The van der Waals surface area contributed by atoms with Crippen molar-refractivity contribution in [3.8, 4) is 0 Å². The quantitative estimate of drug-likeness (QED) is 0.677. The molecule has 0 radical (unpaired) electrons. The standard InChI is InChI=1S/C10H22ClNO2S/c1-4-5-6-10(3)12-15(13,14)8-9(2)7-11/h9-10,12H,4-8H2,1-3H3. The molecule has 0 heterocycles. The summed E-state index contributed by atoms with van der Waals surface area (Å²) in [7, 11) is -3.16. The van der Waals surface area contributed by atoms with Gasteiger partial charge in [0.05, 0.1) is 5.75 Å². The van der Waals surface area contributed by atoms with Gasteiger partial charge in [0.2, 0.25) is 10.0 Å². The van der Waals surface area contributed by atoms with Gasteiger partial charge in [-0.15, -0.1) is 11.6 Å². The molecule has 0 amide bonds. The third kappa shape index (κ3) is 8.05. The fourth-order valence-corrected chi connectivity index (χ4v) is 3.28. The summed E-state index contributed by atoms with van der Waals surface area (Å²) in [6.45, 7) is 5.83. The second kappa shape index (κ2) is 7.47. The van der Waals surface area contributed by atoms with Crippen LogP contribution in [0.2, 0.25) is 0 Å². The fourth-order valence-electron chi connectivity index (χ4n) is 1.34. The van der Waals surface area contributed by atoms with E-state index in [1.165, 1.54) is 0 Å². The molecule has 3 nitrogen and oxygen atoms in total. The minimum absolute atomic E-state index is 0.00235. The molecule has 0 aliphatic heterocycles. The molecular formula is C10H22ClNO2S. The van der Waals surface area contributed by atoms with E-state index in [0.717, 1.165) is 19.3 Å². The van der Waals surface area contributed by atoms with Gasteiger partial charge in [-0.1, -0.05) is 26.7 Å². The molecule has 0 bridgehead atoms. The number of hydrogen-bond donors (Lipinski definition) is 1. The predicted molar refractivity (Wildman–Crippen MR) is 65.8 cm³/mol. The van der Waals surface area contributed by atoms with Gasteiger partial charge in [-0.05, 0) is 19.3 Å². The van der Waals surface area contributed by atoms with Crippen molar-refractivity contribution in [1.29, 1.82) is 0 Å². The number of unbranched alkanes of at least 4 members (excludes halogenated alkanes) is 1. The Bertz CT molecular complexity index is 254. The van der Waals surface area contributed by atoms with Gasteiger partial charge >= 0.3 is 0 Å². The molecule has 0 aromatic heterocycles. The number of rotatable bonds is 8. The van der Waals surface area contributed by atoms with Crippen LogP contribution in [0.4, 0.5) is 0 Å². The lowest BCUT2D eigenvalue weighted by Crippen LogP contribution is -2.36. The van der Waals surface area contributed by atoms with E-state index in [9.17, 15) is 8.42 Å². The number of halogens is 1. The Hall–Kier alpha value is 0.200. The first-order valence-corrected chi connectivity index (χ1v) is 7.66. The van der Waals surface area contributed by atoms with Crippen LogP contribution >= 0.6 is 11.6 Å². The number of sulfonamides is 1. The summed E-state index contributed by atoms with van der Waals surface area (Å²) in [5.41, 5.74) is 0. The Kier molecular flexibility index (Phi) is 7.57. The van der Waals surface area contributed by atoms with E-state index >= 15 is 0 Å². The maximum atomic E-state index is 11.6. The molecule has 2 atom stereocenters. The highest BCUT2D eigenvalue weighted by molar-refractivity contribution is 7.89. The van der Waals surface area contributed by atoms with Crippen LogP contribution in [0.5, 0.6) is 0 Å². The summed E-state index contributed by atoms with van der Waals surface area (Å²) >= 11 is 5.59. The molecule has 0 aliphatic carbocycles. The summed E-state index contributed by atoms with van der Waals surface area (Å²) in [5.74, 6) is 0.500.